The van der Waals surface area contributed by atoms with Crippen molar-refractivity contribution in [1.29, 1.82) is 0 Å². The van der Waals surface area contributed by atoms with E-state index in [2.05, 4.69) is 30.3 Å². The van der Waals surface area contributed by atoms with Crippen LogP contribution in [-0.2, 0) is 0 Å². The van der Waals surface area contributed by atoms with E-state index in [0.717, 1.165) is 36.5 Å². The second kappa shape index (κ2) is 7.75. The molecule has 2 aromatic carbocycles. The van der Waals surface area contributed by atoms with Crippen LogP contribution in [0, 0.1) is 0 Å². The zero-order valence-corrected chi connectivity index (χ0v) is 15.1. The fraction of sp³-hybridized carbons (Fsp3) is 0.350. The molecule has 3 rings (SSSR count). The minimum Gasteiger partial charge on any atom is -0.378 e. The number of thioether (sulfide) groups is 1. The van der Waals surface area contributed by atoms with Gasteiger partial charge in [0.15, 0.2) is 0 Å². The number of amides is 1. The van der Waals surface area contributed by atoms with Gasteiger partial charge >= 0.3 is 0 Å². The largest absolute Gasteiger partial charge is 0.378 e. The summed E-state index contributed by atoms with van der Waals surface area (Å²) in [6.07, 6.45) is 1.01. The first kappa shape index (κ1) is 16.9. The van der Waals surface area contributed by atoms with Gasteiger partial charge in [-0.1, -0.05) is 36.4 Å². The molecule has 2 aromatic rings. The first-order valence-electron chi connectivity index (χ1n) is 8.38. The standard InChI is InChI=1S/C20H24N2OS/c1-21(2)18-10-6-9-17(15-18)20(23)22-12-11-19(24-14-13-22)16-7-4-3-5-8-16/h3-10,15,19H,11-14H2,1-2H3/t19-/m0/s1. The molecule has 24 heavy (non-hydrogen) atoms. The van der Waals surface area contributed by atoms with Gasteiger partial charge in [0.1, 0.15) is 0 Å². The molecule has 0 aromatic heterocycles. The molecule has 0 aliphatic carbocycles. The monoisotopic (exact) mass is 340 g/mol. The molecule has 0 bridgehead atoms. The maximum absolute atomic E-state index is 12.9. The Labute approximate surface area is 148 Å². The zero-order valence-electron chi connectivity index (χ0n) is 14.3. The van der Waals surface area contributed by atoms with Gasteiger partial charge in [-0.15, -0.1) is 0 Å². The number of carbonyl (C=O) groups is 1. The van der Waals surface area contributed by atoms with Gasteiger partial charge < -0.3 is 9.80 Å². The summed E-state index contributed by atoms with van der Waals surface area (Å²) in [5.74, 6) is 1.13. The molecule has 1 aliphatic rings. The van der Waals surface area contributed by atoms with E-state index in [9.17, 15) is 4.79 Å². The Bertz CT molecular complexity index is 687. The number of rotatable bonds is 3. The third-order valence-corrected chi connectivity index (χ3v) is 5.74. The Morgan fingerprint density at radius 3 is 2.62 bits per heavy atom. The molecule has 0 unspecified atom stereocenters. The summed E-state index contributed by atoms with van der Waals surface area (Å²) >= 11 is 1.96. The maximum atomic E-state index is 12.9. The molecule has 3 nitrogen and oxygen atoms in total. The van der Waals surface area contributed by atoms with Crippen LogP contribution in [0.4, 0.5) is 5.69 Å². The van der Waals surface area contributed by atoms with Crippen molar-refractivity contribution in [2.75, 3.05) is 37.8 Å². The lowest BCUT2D eigenvalue weighted by atomic mass is 10.1. The van der Waals surface area contributed by atoms with Crippen LogP contribution in [0.5, 0.6) is 0 Å². The second-order valence-electron chi connectivity index (χ2n) is 6.30. The second-order valence-corrected chi connectivity index (χ2v) is 7.61. The molecule has 1 saturated heterocycles. The fourth-order valence-corrected chi connectivity index (χ4v) is 4.24. The highest BCUT2D eigenvalue weighted by atomic mass is 32.2. The first-order chi connectivity index (χ1) is 11.6. The van der Waals surface area contributed by atoms with E-state index in [1.807, 2.05) is 59.9 Å². The van der Waals surface area contributed by atoms with Crippen LogP contribution in [-0.4, -0.2) is 43.7 Å². The normalized spacial score (nSPS) is 18.1. The van der Waals surface area contributed by atoms with Gasteiger partial charge in [-0.2, -0.15) is 11.8 Å². The van der Waals surface area contributed by atoms with E-state index in [-0.39, 0.29) is 5.91 Å². The average Bonchev–Trinajstić information content (AvgIpc) is 2.88. The van der Waals surface area contributed by atoms with Gasteiger partial charge in [-0.05, 0) is 30.2 Å². The first-order valence-corrected chi connectivity index (χ1v) is 9.43. The summed E-state index contributed by atoms with van der Waals surface area (Å²) in [7, 11) is 3.99. The molecule has 0 saturated carbocycles. The fourth-order valence-electron chi connectivity index (χ4n) is 3.01. The Hall–Kier alpha value is -1.94. The lowest BCUT2D eigenvalue weighted by molar-refractivity contribution is 0.0766. The van der Waals surface area contributed by atoms with Crippen LogP contribution in [0.15, 0.2) is 54.6 Å². The molecule has 126 valence electrons. The van der Waals surface area contributed by atoms with Crippen molar-refractivity contribution in [2.24, 2.45) is 0 Å². The molecule has 1 atom stereocenters. The van der Waals surface area contributed by atoms with Crippen LogP contribution in [0.3, 0.4) is 0 Å². The number of anilines is 1. The highest BCUT2D eigenvalue weighted by Crippen LogP contribution is 2.34. The molecule has 4 heteroatoms. The molecule has 0 spiro atoms. The van der Waals surface area contributed by atoms with Crippen molar-refractivity contribution in [3.8, 4) is 0 Å². The SMILES string of the molecule is CN(C)c1cccc(C(=O)N2CCS[C@H](c3ccccc3)CC2)c1. The summed E-state index contributed by atoms with van der Waals surface area (Å²) in [5.41, 5.74) is 3.21. The zero-order chi connectivity index (χ0) is 16.9. The summed E-state index contributed by atoms with van der Waals surface area (Å²) in [6, 6.07) is 18.5. The maximum Gasteiger partial charge on any atom is 0.253 e. The smallest absolute Gasteiger partial charge is 0.253 e. The minimum absolute atomic E-state index is 0.146. The molecular weight excluding hydrogens is 316 g/mol. The lowest BCUT2D eigenvalue weighted by Crippen LogP contribution is -2.33. The quantitative estimate of drug-likeness (QED) is 0.841. The molecule has 1 fully saturated rings. The molecule has 0 radical (unpaired) electrons. The number of carbonyl (C=O) groups excluding carboxylic acids is 1. The van der Waals surface area contributed by atoms with Gasteiger partial charge in [-0.3, -0.25) is 4.79 Å². The van der Waals surface area contributed by atoms with Crippen LogP contribution in [0.1, 0.15) is 27.6 Å². The van der Waals surface area contributed by atoms with Crippen LogP contribution in [0.2, 0.25) is 0 Å². The molecule has 0 N–H and O–H groups in total. The van der Waals surface area contributed by atoms with E-state index < -0.39 is 0 Å². The number of hydrogen-bond acceptors (Lipinski definition) is 3. The topological polar surface area (TPSA) is 23.6 Å². The Kier molecular flexibility index (Phi) is 5.46. The van der Waals surface area contributed by atoms with Crippen molar-refractivity contribution in [1.82, 2.24) is 4.90 Å². The van der Waals surface area contributed by atoms with E-state index in [4.69, 9.17) is 0 Å². The van der Waals surface area contributed by atoms with Crippen molar-refractivity contribution in [3.05, 3.63) is 65.7 Å². The van der Waals surface area contributed by atoms with Gasteiger partial charge in [0.25, 0.3) is 5.91 Å². The molecule has 1 aliphatic heterocycles. The van der Waals surface area contributed by atoms with Gasteiger partial charge in [0.2, 0.25) is 0 Å². The molecule has 1 amide bonds. The summed E-state index contributed by atoms with van der Waals surface area (Å²) in [6.45, 7) is 1.64. The average molecular weight is 340 g/mol. The number of benzene rings is 2. The minimum atomic E-state index is 0.146. The lowest BCUT2D eigenvalue weighted by Gasteiger charge is -2.21. The van der Waals surface area contributed by atoms with E-state index in [1.54, 1.807) is 0 Å². The van der Waals surface area contributed by atoms with Crippen LogP contribution in [0.25, 0.3) is 0 Å². The van der Waals surface area contributed by atoms with Crippen molar-refractivity contribution >= 4 is 23.4 Å². The molecule has 1 heterocycles. The van der Waals surface area contributed by atoms with Crippen molar-refractivity contribution in [2.45, 2.75) is 11.7 Å². The van der Waals surface area contributed by atoms with Gasteiger partial charge in [0.05, 0.1) is 0 Å². The Balaban J connectivity index is 1.69. The van der Waals surface area contributed by atoms with Crippen molar-refractivity contribution in [3.63, 3.8) is 0 Å². The molecular formula is C20H24N2OS. The Morgan fingerprint density at radius 2 is 1.88 bits per heavy atom. The number of nitrogens with zero attached hydrogens (tertiary/aromatic N) is 2. The Morgan fingerprint density at radius 1 is 1.08 bits per heavy atom. The van der Waals surface area contributed by atoms with Crippen molar-refractivity contribution < 1.29 is 4.79 Å². The number of hydrogen-bond donors (Lipinski definition) is 0. The van der Waals surface area contributed by atoms with E-state index in [1.165, 1.54) is 5.56 Å². The van der Waals surface area contributed by atoms with E-state index in [0.29, 0.717) is 5.25 Å². The van der Waals surface area contributed by atoms with Crippen LogP contribution >= 0.6 is 11.8 Å². The highest BCUT2D eigenvalue weighted by molar-refractivity contribution is 7.99. The highest BCUT2D eigenvalue weighted by Gasteiger charge is 2.23. The predicted molar refractivity (Wildman–Crippen MR) is 103 cm³/mol. The van der Waals surface area contributed by atoms with Crippen LogP contribution < -0.4 is 4.90 Å². The van der Waals surface area contributed by atoms with E-state index >= 15 is 0 Å². The third kappa shape index (κ3) is 3.93. The summed E-state index contributed by atoms with van der Waals surface area (Å²) in [5, 5.41) is 0.483. The summed E-state index contributed by atoms with van der Waals surface area (Å²) < 4.78 is 0. The third-order valence-electron chi connectivity index (χ3n) is 4.41. The predicted octanol–water partition coefficient (Wildman–Crippen LogP) is 4.07. The summed E-state index contributed by atoms with van der Waals surface area (Å²) in [4.78, 5) is 16.9. The van der Waals surface area contributed by atoms with Gasteiger partial charge in [0, 0.05) is 49.4 Å². The van der Waals surface area contributed by atoms with Gasteiger partial charge in [-0.25, -0.2) is 0 Å².